The summed E-state index contributed by atoms with van der Waals surface area (Å²) in [5, 5.41) is 10.3. The Morgan fingerprint density at radius 3 is 2.92 bits per heavy atom. The molecule has 0 aromatic heterocycles. The minimum Gasteiger partial charge on any atom is -0.478 e. The average molecular weight is 161 g/mol. The van der Waals surface area contributed by atoms with Crippen molar-refractivity contribution < 1.29 is 9.90 Å². The van der Waals surface area contributed by atoms with Gasteiger partial charge in [0.05, 0.1) is 17.5 Å². The highest BCUT2D eigenvalue weighted by Gasteiger charge is 2.11. The third kappa shape index (κ3) is 0.906. The van der Waals surface area contributed by atoms with E-state index in [1.165, 1.54) is 0 Å². The van der Waals surface area contributed by atoms with Gasteiger partial charge in [0.15, 0.2) is 0 Å². The van der Waals surface area contributed by atoms with Gasteiger partial charge >= 0.3 is 5.97 Å². The first kappa shape index (κ1) is 7.03. The highest BCUT2D eigenvalue weighted by Crippen LogP contribution is 1.96. The molecule has 0 saturated heterocycles. The van der Waals surface area contributed by atoms with Crippen LogP contribution < -0.4 is 10.6 Å². The first-order valence-corrected chi connectivity index (χ1v) is 3.65. The molecule has 0 fully saturated rings. The van der Waals surface area contributed by atoms with Crippen molar-refractivity contribution in [3.8, 4) is 0 Å². The van der Waals surface area contributed by atoms with Crippen molar-refractivity contribution in [1.82, 2.24) is 0 Å². The number of hydrogen-bond donors (Lipinski definition) is 1. The average Bonchev–Trinajstić information content (AvgIpc) is 2.47. The maximum atomic E-state index is 10.7. The van der Waals surface area contributed by atoms with Crippen LogP contribution in [0.2, 0.25) is 0 Å². The van der Waals surface area contributed by atoms with Gasteiger partial charge < -0.3 is 5.11 Å². The fraction of sp³-hybridized carbons (Fsp3) is 0.111. The van der Waals surface area contributed by atoms with Gasteiger partial charge in [0.1, 0.15) is 0 Å². The second-order valence-electron chi connectivity index (χ2n) is 2.62. The molecule has 3 nitrogen and oxygen atoms in total. The molecule has 1 aromatic rings. The zero-order valence-corrected chi connectivity index (χ0v) is 6.32. The maximum absolute atomic E-state index is 10.7. The van der Waals surface area contributed by atoms with E-state index in [1.54, 1.807) is 6.07 Å². The van der Waals surface area contributed by atoms with Gasteiger partial charge in [-0.2, -0.15) is 0 Å². The topological polar surface area (TPSA) is 49.7 Å². The van der Waals surface area contributed by atoms with Crippen molar-refractivity contribution >= 4 is 11.5 Å². The van der Waals surface area contributed by atoms with E-state index >= 15 is 0 Å². The molecule has 3 heteroatoms. The van der Waals surface area contributed by atoms with Crippen LogP contribution in [0, 0.1) is 0 Å². The Morgan fingerprint density at radius 1 is 1.42 bits per heavy atom. The number of carboxylic acids is 1. The molecule has 1 aliphatic rings. The Balaban J connectivity index is 2.82. The van der Waals surface area contributed by atoms with Crippen molar-refractivity contribution in [1.29, 1.82) is 0 Å². The molecule has 12 heavy (non-hydrogen) atoms. The number of benzene rings is 1. The summed E-state index contributed by atoms with van der Waals surface area (Å²) in [6, 6.07) is 7.29. The Kier molecular flexibility index (Phi) is 1.43. The molecule has 0 bridgehead atoms. The molecule has 60 valence electrons. The quantitative estimate of drug-likeness (QED) is 0.606. The van der Waals surface area contributed by atoms with Gasteiger partial charge in [-0.1, -0.05) is 18.2 Å². The maximum Gasteiger partial charge on any atom is 0.334 e. The van der Waals surface area contributed by atoms with E-state index in [2.05, 4.69) is 4.99 Å². The summed E-state index contributed by atoms with van der Waals surface area (Å²) >= 11 is 0. The predicted octanol–water partition coefficient (Wildman–Crippen LogP) is -0.445. The summed E-state index contributed by atoms with van der Waals surface area (Å²) < 4.78 is 0. The Morgan fingerprint density at radius 2 is 2.17 bits per heavy atom. The molecule has 0 amide bonds. The first-order chi connectivity index (χ1) is 5.79. The van der Waals surface area contributed by atoms with Crippen LogP contribution in [0.4, 0.5) is 0 Å². The van der Waals surface area contributed by atoms with Crippen LogP contribution in [0.3, 0.4) is 0 Å². The monoisotopic (exact) mass is 161 g/mol. The van der Waals surface area contributed by atoms with Crippen LogP contribution in [0.1, 0.15) is 0 Å². The molecular formula is C9H7NO2. The lowest BCUT2D eigenvalue weighted by Crippen LogP contribution is -2.24. The summed E-state index contributed by atoms with van der Waals surface area (Å²) in [6.45, 7) is 0.300. The summed E-state index contributed by atoms with van der Waals surface area (Å²) in [6.07, 6.45) is 0. The second kappa shape index (κ2) is 2.44. The van der Waals surface area contributed by atoms with E-state index in [9.17, 15) is 4.79 Å². The molecule has 0 unspecified atom stereocenters. The van der Waals surface area contributed by atoms with E-state index in [0.29, 0.717) is 12.1 Å². The number of rotatable bonds is 1. The number of carboxylic acid groups (broad SMARTS) is 1. The normalized spacial score (nSPS) is 13.8. The van der Waals surface area contributed by atoms with Crippen LogP contribution in [0.5, 0.6) is 0 Å². The molecule has 0 radical (unpaired) electrons. The lowest BCUT2D eigenvalue weighted by Gasteiger charge is -1.89. The molecule has 1 aromatic carbocycles. The molecular weight excluding hydrogens is 154 g/mol. The molecule has 0 atom stereocenters. The number of carbonyl (C=O) groups is 1. The van der Waals surface area contributed by atoms with Crippen LogP contribution in [0.25, 0.3) is 5.57 Å². The lowest BCUT2D eigenvalue weighted by molar-refractivity contribution is -0.130. The summed E-state index contributed by atoms with van der Waals surface area (Å²) in [5.74, 6) is -0.872. The first-order valence-electron chi connectivity index (χ1n) is 3.65. The van der Waals surface area contributed by atoms with Gasteiger partial charge in [0.2, 0.25) is 0 Å². The highest BCUT2D eigenvalue weighted by atomic mass is 16.4. The van der Waals surface area contributed by atoms with Crippen LogP contribution in [-0.4, -0.2) is 17.6 Å². The van der Waals surface area contributed by atoms with Gasteiger partial charge in [0.25, 0.3) is 0 Å². The standard InChI is InChI=1S/C9H7NO2/c11-9(12)7-5-10-8-4-2-1-3-6(7)8/h1-4H,5H2,(H,11,12). The number of aliphatic carboxylic acids is 1. The van der Waals surface area contributed by atoms with Crippen molar-refractivity contribution in [2.24, 2.45) is 4.99 Å². The Hall–Kier alpha value is -1.64. The SMILES string of the molecule is O=C(O)C1=c2ccccc2=NC1. The van der Waals surface area contributed by atoms with Gasteiger partial charge in [-0.05, 0) is 6.07 Å². The third-order valence-electron chi connectivity index (χ3n) is 1.89. The third-order valence-corrected chi connectivity index (χ3v) is 1.89. The molecule has 1 heterocycles. The zero-order chi connectivity index (χ0) is 8.55. The van der Waals surface area contributed by atoms with Crippen molar-refractivity contribution in [2.45, 2.75) is 0 Å². The number of fused-ring (bicyclic) bond motifs is 1. The van der Waals surface area contributed by atoms with Crippen molar-refractivity contribution in [3.05, 3.63) is 34.8 Å². The summed E-state index contributed by atoms with van der Waals surface area (Å²) in [4.78, 5) is 14.8. The Labute approximate surface area is 68.7 Å². The van der Waals surface area contributed by atoms with E-state index in [-0.39, 0.29) is 0 Å². The van der Waals surface area contributed by atoms with E-state index < -0.39 is 5.97 Å². The smallest absolute Gasteiger partial charge is 0.334 e. The molecule has 1 aliphatic heterocycles. The predicted molar refractivity (Wildman–Crippen MR) is 43.1 cm³/mol. The minimum absolute atomic E-state index is 0.300. The molecule has 0 spiro atoms. The van der Waals surface area contributed by atoms with Gasteiger partial charge in [-0.3, -0.25) is 4.99 Å². The van der Waals surface area contributed by atoms with Crippen LogP contribution in [0.15, 0.2) is 29.3 Å². The van der Waals surface area contributed by atoms with Crippen LogP contribution >= 0.6 is 0 Å². The fourth-order valence-corrected chi connectivity index (χ4v) is 1.30. The Bertz CT molecular complexity index is 448. The zero-order valence-electron chi connectivity index (χ0n) is 6.32. The number of para-hydroxylation sites is 1. The number of nitrogens with zero attached hydrogens (tertiary/aromatic N) is 1. The summed E-state index contributed by atoms with van der Waals surface area (Å²) in [5.41, 5.74) is 0.394. The van der Waals surface area contributed by atoms with Gasteiger partial charge in [-0.15, -0.1) is 0 Å². The molecule has 2 rings (SSSR count). The van der Waals surface area contributed by atoms with E-state index in [4.69, 9.17) is 5.11 Å². The van der Waals surface area contributed by atoms with Crippen LogP contribution in [-0.2, 0) is 4.79 Å². The summed E-state index contributed by atoms with van der Waals surface area (Å²) in [7, 11) is 0. The van der Waals surface area contributed by atoms with Gasteiger partial charge in [0, 0.05) is 5.22 Å². The number of hydrogen-bond acceptors (Lipinski definition) is 2. The largest absolute Gasteiger partial charge is 0.478 e. The van der Waals surface area contributed by atoms with Crippen molar-refractivity contribution in [3.63, 3.8) is 0 Å². The van der Waals surface area contributed by atoms with Crippen molar-refractivity contribution in [2.75, 3.05) is 6.54 Å². The van der Waals surface area contributed by atoms with E-state index in [1.807, 2.05) is 18.2 Å². The fourth-order valence-electron chi connectivity index (χ4n) is 1.30. The molecule has 1 N–H and O–H groups in total. The van der Waals surface area contributed by atoms with E-state index in [0.717, 1.165) is 10.6 Å². The molecule has 0 aliphatic carbocycles. The molecule has 0 saturated carbocycles. The van der Waals surface area contributed by atoms with Gasteiger partial charge in [-0.25, -0.2) is 4.79 Å². The minimum atomic E-state index is -0.872. The highest BCUT2D eigenvalue weighted by molar-refractivity contribution is 6.09. The lowest BCUT2D eigenvalue weighted by atomic mass is 10.2. The second-order valence-corrected chi connectivity index (χ2v) is 2.62.